The Bertz CT molecular complexity index is 525. The number of carbonyl (C=O) groups is 1. The van der Waals surface area contributed by atoms with Crippen LogP contribution in [0.2, 0.25) is 0 Å². The van der Waals surface area contributed by atoms with Crippen LogP contribution in [0.25, 0.3) is 0 Å². The monoisotopic (exact) mass is 295 g/mol. The van der Waals surface area contributed by atoms with Gasteiger partial charge in [0.05, 0.1) is 12.6 Å². The lowest BCUT2D eigenvalue weighted by atomic mass is 9.94. The van der Waals surface area contributed by atoms with Crippen LogP contribution < -0.4 is 0 Å². The summed E-state index contributed by atoms with van der Waals surface area (Å²) < 4.78 is 5.16. The van der Waals surface area contributed by atoms with Crippen molar-refractivity contribution in [3.63, 3.8) is 0 Å². The Kier molecular flexibility index (Phi) is 4.32. The summed E-state index contributed by atoms with van der Waals surface area (Å²) in [6, 6.07) is 3.00. The van der Waals surface area contributed by atoms with Crippen molar-refractivity contribution in [2.24, 2.45) is 5.41 Å². The van der Waals surface area contributed by atoms with Gasteiger partial charge in [0.1, 0.15) is 10.7 Å². The molecule has 0 aliphatic carbocycles. The normalized spacial score (nSPS) is 17.0. The average Bonchev–Trinajstić information content (AvgIpc) is 2.86. The summed E-state index contributed by atoms with van der Waals surface area (Å²) in [5.74, 6) is 0.514. The fourth-order valence-electron chi connectivity index (χ4n) is 2.35. The standard InChI is InChI=1S/C14H21N3O4/c1-14(2,3)13(18)16-8-6-15(7-9-16)10-11-4-5-12(21-11)17(19)20/h4-5H,6-10H2,1-3H3. The van der Waals surface area contributed by atoms with E-state index in [2.05, 4.69) is 4.90 Å². The summed E-state index contributed by atoms with van der Waals surface area (Å²) in [6.45, 7) is 9.15. The minimum atomic E-state index is -0.538. The number of nitro groups is 1. The lowest BCUT2D eigenvalue weighted by molar-refractivity contribution is -0.402. The van der Waals surface area contributed by atoms with E-state index in [1.807, 2.05) is 25.7 Å². The molecular formula is C14H21N3O4. The molecule has 1 fully saturated rings. The molecule has 0 saturated carbocycles. The number of nitrogens with zero attached hydrogens (tertiary/aromatic N) is 3. The van der Waals surface area contributed by atoms with Crippen molar-refractivity contribution in [2.75, 3.05) is 26.2 Å². The van der Waals surface area contributed by atoms with Gasteiger partial charge in [-0.15, -0.1) is 0 Å². The van der Waals surface area contributed by atoms with E-state index in [4.69, 9.17) is 4.42 Å². The minimum Gasteiger partial charge on any atom is -0.404 e. The predicted molar refractivity (Wildman–Crippen MR) is 76.7 cm³/mol. The highest BCUT2D eigenvalue weighted by atomic mass is 16.6. The number of piperazine rings is 1. The number of rotatable bonds is 3. The van der Waals surface area contributed by atoms with E-state index in [-0.39, 0.29) is 17.2 Å². The highest BCUT2D eigenvalue weighted by Gasteiger charge is 2.29. The van der Waals surface area contributed by atoms with Crippen LogP contribution in [0, 0.1) is 15.5 Å². The molecule has 0 unspecified atom stereocenters. The van der Waals surface area contributed by atoms with E-state index in [1.54, 1.807) is 6.07 Å². The first-order valence-corrected chi connectivity index (χ1v) is 7.02. The Morgan fingerprint density at radius 2 is 1.90 bits per heavy atom. The van der Waals surface area contributed by atoms with Crippen molar-refractivity contribution in [3.05, 3.63) is 28.0 Å². The highest BCUT2D eigenvalue weighted by Crippen LogP contribution is 2.20. The maximum Gasteiger partial charge on any atom is 0.433 e. The Labute approximate surface area is 123 Å². The second-order valence-corrected chi connectivity index (χ2v) is 6.32. The lowest BCUT2D eigenvalue weighted by Crippen LogP contribution is -2.51. The summed E-state index contributed by atoms with van der Waals surface area (Å²) >= 11 is 0. The SMILES string of the molecule is CC(C)(C)C(=O)N1CCN(Cc2ccc([N+](=O)[O-])o2)CC1. The van der Waals surface area contributed by atoms with E-state index in [0.29, 0.717) is 25.4 Å². The Morgan fingerprint density at radius 3 is 2.38 bits per heavy atom. The van der Waals surface area contributed by atoms with Gasteiger partial charge in [0, 0.05) is 31.6 Å². The molecule has 0 aromatic carbocycles. The maximum atomic E-state index is 12.2. The molecule has 1 aromatic rings. The summed E-state index contributed by atoms with van der Waals surface area (Å²) in [5.41, 5.74) is -0.357. The second kappa shape index (κ2) is 5.85. The molecule has 0 spiro atoms. The fourth-order valence-corrected chi connectivity index (χ4v) is 2.35. The van der Waals surface area contributed by atoms with Gasteiger partial charge in [-0.1, -0.05) is 20.8 Å². The van der Waals surface area contributed by atoms with Crippen LogP contribution in [0.15, 0.2) is 16.5 Å². The minimum absolute atomic E-state index is 0.163. The molecule has 1 amide bonds. The number of hydrogen-bond acceptors (Lipinski definition) is 5. The molecule has 0 atom stereocenters. The molecule has 1 aliphatic rings. The first-order valence-electron chi connectivity index (χ1n) is 7.02. The average molecular weight is 295 g/mol. The van der Waals surface area contributed by atoms with Gasteiger partial charge >= 0.3 is 5.88 Å². The van der Waals surface area contributed by atoms with Crippen LogP contribution in [0.5, 0.6) is 0 Å². The number of hydrogen-bond donors (Lipinski definition) is 0. The van der Waals surface area contributed by atoms with Crippen molar-refractivity contribution in [1.29, 1.82) is 0 Å². The van der Waals surface area contributed by atoms with Crippen LogP contribution in [-0.4, -0.2) is 46.8 Å². The molecule has 1 aromatic heterocycles. The molecule has 2 rings (SSSR count). The molecule has 116 valence electrons. The molecule has 7 heteroatoms. The largest absolute Gasteiger partial charge is 0.433 e. The molecule has 0 radical (unpaired) electrons. The highest BCUT2D eigenvalue weighted by molar-refractivity contribution is 5.81. The molecule has 1 saturated heterocycles. The van der Waals surface area contributed by atoms with Gasteiger partial charge in [0.2, 0.25) is 5.91 Å². The zero-order chi connectivity index (χ0) is 15.6. The summed E-state index contributed by atoms with van der Waals surface area (Å²) in [7, 11) is 0. The smallest absolute Gasteiger partial charge is 0.404 e. The molecule has 1 aliphatic heterocycles. The van der Waals surface area contributed by atoms with Crippen molar-refractivity contribution < 1.29 is 14.1 Å². The number of furan rings is 1. The van der Waals surface area contributed by atoms with Crippen LogP contribution in [0.1, 0.15) is 26.5 Å². The van der Waals surface area contributed by atoms with E-state index in [0.717, 1.165) is 13.1 Å². The maximum absolute atomic E-state index is 12.2. The molecule has 21 heavy (non-hydrogen) atoms. The quantitative estimate of drug-likeness (QED) is 0.628. The zero-order valence-electron chi connectivity index (χ0n) is 12.7. The van der Waals surface area contributed by atoms with Crippen LogP contribution in [0.4, 0.5) is 5.88 Å². The number of amides is 1. The Morgan fingerprint density at radius 1 is 1.29 bits per heavy atom. The van der Waals surface area contributed by atoms with Crippen molar-refractivity contribution in [2.45, 2.75) is 27.3 Å². The summed E-state index contributed by atoms with van der Waals surface area (Å²) in [5, 5.41) is 10.6. The van der Waals surface area contributed by atoms with Crippen molar-refractivity contribution in [3.8, 4) is 0 Å². The van der Waals surface area contributed by atoms with E-state index in [1.165, 1.54) is 6.07 Å². The van der Waals surface area contributed by atoms with Crippen LogP contribution >= 0.6 is 0 Å². The van der Waals surface area contributed by atoms with Gasteiger partial charge in [0.25, 0.3) is 0 Å². The van der Waals surface area contributed by atoms with E-state index in [9.17, 15) is 14.9 Å². The third-order valence-electron chi connectivity index (χ3n) is 3.51. The van der Waals surface area contributed by atoms with Gasteiger partial charge in [0.15, 0.2) is 0 Å². The first kappa shape index (κ1) is 15.5. The fraction of sp³-hybridized carbons (Fsp3) is 0.643. The Balaban J connectivity index is 1.86. The zero-order valence-corrected chi connectivity index (χ0v) is 12.7. The second-order valence-electron chi connectivity index (χ2n) is 6.32. The molecular weight excluding hydrogens is 274 g/mol. The number of carbonyl (C=O) groups excluding carboxylic acids is 1. The predicted octanol–water partition coefficient (Wildman–Crippen LogP) is 1.88. The first-order chi connectivity index (χ1) is 9.77. The molecule has 0 bridgehead atoms. The van der Waals surface area contributed by atoms with Crippen LogP contribution in [0.3, 0.4) is 0 Å². The third kappa shape index (κ3) is 3.81. The van der Waals surface area contributed by atoms with Gasteiger partial charge in [-0.05, 0) is 6.07 Å². The van der Waals surface area contributed by atoms with Crippen LogP contribution in [-0.2, 0) is 11.3 Å². The lowest BCUT2D eigenvalue weighted by Gasteiger charge is -2.37. The topological polar surface area (TPSA) is 79.8 Å². The van der Waals surface area contributed by atoms with Crippen molar-refractivity contribution >= 4 is 11.8 Å². The van der Waals surface area contributed by atoms with Gasteiger partial charge < -0.3 is 9.32 Å². The molecule has 0 N–H and O–H groups in total. The van der Waals surface area contributed by atoms with Gasteiger partial charge in [-0.3, -0.25) is 19.8 Å². The van der Waals surface area contributed by atoms with Gasteiger partial charge in [-0.25, -0.2) is 0 Å². The molecule has 7 nitrogen and oxygen atoms in total. The summed E-state index contributed by atoms with van der Waals surface area (Å²) in [4.78, 5) is 26.2. The van der Waals surface area contributed by atoms with Gasteiger partial charge in [-0.2, -0.15) is 0 Å². The van der Waals surface area contributed by atoms with Crippen molar-refractivity contribution in [1.82, 2.24) is 9.80 Å². The Hall–Kier alpha value is -1.89. The van der Waals surface area contributed by atoms with E-state index < -0.39 is 4.92 Å². The molecule has 2 heterocycles. The summed E-state index contributed by atoms with van der Waals surface area (Å²) in [6.07, 6.45) is 0. The van der Waals surface area contributed by atoms with E-state index >= 15 is 0 Å². The third-order valence-corrected chi connectivity index (χ3v) is 3.51.